The van der Waals surface area contributed by atoms with Crippen molar-refractivity contribution >= 4 is 17.4 Å². The summed E-state index contributed by atoms with van der Waals surface area (Å²) in [6, 6.07) is 0. The highest BCUT2D eigenvalue weighted by molar-refractivity contribution is 6.29. The zero-order valence-electron chi connectivity index (χ0n) is 19.4. The maximum atomic E-state index is 10.5. The molecule has 0 saturated carbocycles. The minimum atomic E-state index is -0.625. The van der Waals surface area contributed by atoms with Gasteiger partial charge in [-0.2, -0.15) is 0 Å². The Balaban J connectivity index is -0.000000163. The van der Waals surface area contributed by atoms with Crippen LogP contribution in [0, 0.1) is 5.41 Å². The molecule has 27 heavy (non-hydrogen) atoms. The van der Waals surface area contributed by atoms with E-state index in [1.807, 2.05) is 59.8 Å². The molecule has 0 bridgehead atoms. The summed E-state index contributed by atoms with van der Waals surface area (Å²) in [6.45, 7) is 25.7. The summed E-state index contributed by atoms with van der Waals surface area (Å²) in [5.41, 5.74) is 1.07. The summed E-state index contributed by atoms with van der Waals surface area (Å²) in [6.07, 6.45) is 8.30. The minimum absolute atomic E-state index is 0.172. The highest BCUT2D eigenvalue weighted by atomic mass is 35.5. The van der Waals surface area contributed by atoms with Crippen LogP contribution in [0.15, 0.2) is 48.3 Å². The second kappa shape index (κ2) is 21.0. The van der Waals surface area contributed by atoms with Gasteiger partial charge in [-0.1, -0.05) is 73.1 Å². The Labute approximate surface area is 174 Å². The number of halogens is 1. The smallest absolute Gasteiger partial charge is 0.153 e. The van der Waals surface area contributed by atoms with Crippen LogP contribution in [0.1, 0.15) is 82.1 Å². The minimum Gasteiger partial charge on any atom is -0.369 e. The number of aliphatic hydroxyl groups excluding tert-OH is 1. The number of allylic oxidation sites excluding steroid dienone is 3. The fraction of sp³-hybridized carbons (Fsp3) is 0.609. The number of carbonyl (C=O) groups excluding carboxylic acids is 1. The van der Waals surface area contributed by atoms with Gasteiger partial charge in [0.15, 0.2) is 6.23 Å². The maximum absolute atomic E-state index is 10.5. The molecular weight excluding hydrogens is 358 g/mol. The fourth-order valence-corrected chi connectivity index (χ4v) is 2.19. The summed E-state index contributed by atoms with van der Waals surface area (Å²) >= 11 is 5.97. The second-order valence-electron chi connectivity index (χ2n) is 6.41. The van der Waals surface area contributed by atoms with Crippen LogP contribution < -0.4 is 0 Å². The molecule has 0 spiro atoms. The molecule has 0 aromatic rings. The first-order valence-corrected chi connectivity index (χ1v) is 10.1. The van der Waals surface area contributed by atoms with Crippen LogP contribution in [0.4, 0.5) is 0 Å². The van der Waals surface area contributed by atoms with E-state index in [0.717, 1.165) is 12.0 Å². The van der Waals surface area contributed by atoms with E-state index in [0.29, 0.717) is 11.6 Å². The van der Waals surface area contributed by atoms with Gasteiger partial charge in [0.2, 0.25) is 0 Å². The monoisotopic (exact) mass is 401 g/mol. The molecule has 0 aromatic heterocycles. The molecule has 3 nitrogen and oxygen atoms in total. The van der Waals surface area contributed by atoms with E-state index in [1.165, 1.54) is 0 Å². The SMILES string of the molecule is C=C.CC.CC.CC(=O)CC(C)(C)C.CC/C=C(\Cl)N1C=CC=C(C)C1O. The summed E-state index contributed by atoms with van der Waals surface area (Å²) in [5, 5.41) is 10.3. The van der Waals surface area contributed by atoms with Crippen molar-refractivity contribution in [1.82, 2.24) is 4.90 Å². The first kappa shape index (κ1) is 33.3. The molecule has 4 heteroatoms. The molecule has 0 radical (unpaired) electrons. The first-order chi connectivity index (χ1) is 12.6. The molecular formula is C23H44ClNO2. The van der Waals surface area contributed by atoms with Crippen molar-refractivity contribution in [3.63, 3.8) is 0 Å². The number of ketones is 1. The lowest BCUT2D eigenvalue weighted by atomic mass is 9.91. The van der Waals surface area contributed by atoms with E-state index in [2.05, 4.69) is 33.9 Å². The molecule has 0 saturated heterocycles. The Morgan fingerprint density at radius 1 is 1.26 bits per heavy atom. The number of aliphatic hydroxyl groups is 1. The number of Topliss-reactive ketones (excluding diaryl/α,β-unsaturated/α-hetero) is 1. The van der Waals surface area contributed by atoms with Crippen molar-refractivity contribution < 1.29 is 9.90 Å². The normalized spacial score (nSPS) is 15.3. The van der Waals surface area contributed by atoms with Gasteiger partial charge in [-0.25, -0.2) is 0 Å². The van der Waals surface area contributed by atoms with E-state index in [4.69, 9.17) is 11.6 Å². The highest BCUT2D eigenvalue weighted by Crippen LogP contribution is 2.21. The van der Waals surface area contributed by atoms with Crippen molar-refractivity contribution in [3.8, 4) is 0 Å². The van der Waals surface area contributed by atoms with Crippen LogP contribution in [0.2, 0.25) is 0 Å². The quantitative estimate of drug-likeness (QED) is 0.394. The van der Waals surface area contributed by atoms with E-state index in [9.17, 15) is 9.90 Å². The Morgan fingerprint density at radius 3 is 2.00 bits per heavy atom. The van der Waals surface area contributed by atoms with Crippen LogP contribution in [-0.2, 0) is 4.79 Å². The van der Waals surface area contributed by atoms with Crippen molar-refractivity contribution in [2.45, 2.75) is 88.3 Å². The third-order valence-corrected chi connectivity index (χ3v) is 3.02. The number of nitrogens with zero attached hydrogens (tertiary/aromatic N) is 1. The average molecular weight is 402 g/mol. The molecule has 0 aliphatic carbocycles. The Morgan fingerprint density at radius 2 is 1.70 bits per heavy atom. The molecule has 1 heterocycles. The van der Waals surface area contributed by atoms with Crippen LogP contribution in [0.25, 0.3) is 0 Å². The Kier molecular flexibility index (Phi) is 25.9. The van der Waals surface area contributed by atoms with Gasteiger partial charge < -0.3 is 14.8 Å². The Bertz CT molecular complexity index is 446. The maximum Gasteiger partial charge on any atom is 0.153 e. The number of hydrogen-bond donors (Lipinski definition) is 1. The van der Waals surface area contributed by atoms with Crippen molar-refractivity contribution in [1.29, 1.82) is 0 Å². The summed E-state index contributed by atoms with van der Waals surface area (Å²) in [7, 11) is 0. The summed E-state index contributed by atoms with van der Waals surface area (Å²) in [5.74, 6) is 0.275. The lowest BCUT2D eigenvalue weighted by molar-refractivity contribution is -0.118. The van der Waals surface area contributed by atoms with Gasteiger partial charge in [-0.3, -0.25) is 0 Å². The summed E-state index contributed by atoms with van der Waals surface area (Å²) in [4.78, 5) is 12.1. The topological polar surface area (TPSA) is 40.5 Å². The zero-order valence-corrected chi connectivity index (χ0v) is 20.2. The zero-order chi connectivity index (χ0) is 22.6. The number of rotatable bonds is 3. The molecule has 1 rings (SSSR count). The van der Waals surface area contributed by atoms with Crippen molar-refractivity contribution in [3.05, 3.63) is 48.3 Å². The molecule has 1 aliphatic heterocycles. The highest BCUT2D eigenvalue weighted by Gasteiger charge is 2.18. The van der Waals surface area contributed by atoms with Gasteiger partial charge in [-0.15, -0.1) is 13.2 Å². The number of hydrogen-bond acceptors (Lipinski definition) is 3. The third kappa shape index (κ3) is 20.8. The lowest BCUT2D eigenvalue weighted by Gasteiger charge is -2.28. The Hall–Kier alpha value is -1.32. The third-order valence-electron chi connectivity index (χ3n) is 2.68. The van der Waals surface area contributed by atoms with Crippen LogP contribution in [0.3, 0.4) is 0 Å². The van der Waals surface area contributed by atoms with E-state index in [-0.39, 0.29) is 11.2 Å². The predicted molar refractivity (Wildman–Crippen MR) is 124 cm³/mol. The largest absolute Gasteiger partial charge is 0.369 e. The molecule has 1 aliphatic rings. The van der Waals surface area contributed by atoms with Crippen LogP contribution in [0.5, 0.6) is 0 Å². The molecule has 0 fully saturated rings. The lowest BCUT2D eigenvalue weighted by Crippen LogP contribution is -2.30. The van der Waals surface area contributed by atoms with Crippen LogP contribution in [-0.4, -0.2) is 22.0 Å². The predicted octanol–water partition coefficient (Wildman–Crippen LogP) is 7.44. The molecule has 160 valence electrons. The van der Waals surface area contributed by atoms with Gasteiger partial charge in [-0.05, 0) is 43.4 Å². The van der Waals surface area contributed by atoms with Gasteiger partial charge >= 0.3 is 0 Å². The average Bonchev–Trinajstić information content (AvgIpc) is 2.61. The number of carbonyl (C=O) groups is 1. The van der Waals surface area contributed by atoms with Gasteiger partial charge in [0.25, 0.3) is 0 Å². The van der Waals surface area contributed by atoms with Crippen LogP contribution >= 0.6 is 11.6 Å². The molecule has 0 amide bonds. The van der Waals surface area contributed by atoms with Gasteiger partial charge in [0, 0.05) is 12.6 Å². The van der Waals surface area contributed by atoms with Crippen molar-refractivity contribution in [2.24, 2.45) is 5.41 Å². The van der Waals surface area contributed by atoms with Crippen molar-refractivity contribution in [2.75, 3.05) is 0 Å². The molecule has 1 N–H and O–H groups in total. The fourth-order valence-electron chi connectivity index (χ4n) is 1.88. The van der Waals surface area contributed by atoms with Gasteiger partial charge in [0.1, 0.15) is 10.9 Å². The first-order valence-electron chi connectivity index (χ1n) is 9.75. The van der Waals surface area contributed by atoms with E-state index in [1.54, 1.807) is 18.0 Å². The second-order valence-corrected chi connectivity index (χ2v) is 6.79. The summed E-state index contributed by atoms with van der Waals surface area (Å²) < 4.78 is 0. The standard InChI is InChI=1S/C10H14ClNO.C7H14O.2C2H6.C2H4/c1-3-5-9(11)12-7-4-6-8(2)10(12)13;1-6(8)5-7(2,3)4;3*1-2/h4-7,10,13H,3H2,1-2H3;5H2,1-4H3;2*1-2H3;1-2H2/b9-5+;;;;. The van der Waals surface area contributed by atoms with E-state index < -0.39 is 6.23 Å². The molecule has 1 unspecified atom stereocenters. The van der Waals surface area contributed by atoms with Gasteiger partial charge in [0.05, 0.1) is 0 Å². The van der Waals surface area contributed by atoms with E-state index >= 15 is 0 Å². The molecule has 0 aromatic carbocycles. The molecule has 1 atom stereocenters.